The van der Waals surface area contributed by atoms with Gasteiger partial charge in [0.15, 0.2) is 0 Å². The third kappa shape index (κ3) is 1.92. The molecule has 2 N–H and O–H groups in total. The summed E-state index contributed by atoms with van der Waals surface area (Å²) in [4.78, 5) is 21.1. The summed E-state index contributed by atoms with van der Waals surface area (Å²) < 4.78 is 0. The number of nitrogen functional groups attached to an aromatic ring is 1. The van der Waals surface area contributed by atoms with Crippen LogP contribution in [0.15, 0.2) is 12.3 Å². The van der Waals surface area contributed by atoms with E-state index >= 15 is 0 Å². The first-order valence-corrected chi connectivity index (χ1v) is 4.85. The minimum Gasteiger partial charge on any atom is -0.397 e. The highest BCUT2D eigenvalue weighted by Gasteiger charge is 2.22. The van der Waals surface area contributed by atoms with E-state index in [2.05, 4.69) is 4.98 Å². The highest BCUT2D eigenvalue weighted by molar-refractivity contribution is 5.95. The number of hydrogen-bond donors (Lipinski definition) is 1. The summed E-state index contributed by atoms with van der Waals surface area (Å²) in [6.07, 6.45) is 2.41. The Kier molecular flexibility index (Phi) is 2.55. The van der Waals surface area contributed by atoms with Crippen LogP contribution in [0.1, 0.15) is 22.5 Å². The number of aromatic nitrogens is 1. The van der Waals surface area contributed by atoms with Crippen molar-refractivity contribution in [1.82, 2.24) is 10.0 Å². The number of hydrogen-bond acceptors (Lipinski definition) is 4. The van der Waals surface area contributed by atoms with Gasteiger partial charge in [-0.2, -0.15) is 0 Å². The van der Waals surface area contributed by atoms with Gasteiger partial charge in [0.1, 0.15) is 0 Å². The lowest BCUT2D eigenvalue weighted by atomic mass is 10.2. The van der Waals surface area contributed by atoms with Gasteiger partial charge in [-0.3, -0.25) is 14.6 Å². The smallest absolute Gasteiger partial charge is 0.279 e. The molecule has 1 fully saturated rings. The number of nitrogens with zero attached hydrogens (tertiary/aromatic N) is 2. The van der Waals surface area contributed by atoms with Crippen LogP contribution in [-0.2, 0) is 4.84 Å². The van der Waals surface area contributed by atoms with Crippen molar-refractivity contribution in [2.24, 2.45) is 0 Å². The van der Waals surface area contributed by atoms with Crippen molar-refractivity contribution in [2.75, 3.05) is 18.9 Å². The Balaban J connectivity index is 2.27. The lowest BCUT2D eigenvalue weighted by Crippen LogP contribution is -2.27. The standard InChI is InChI=1S/C10H13N3O2/c1-7-9(5-8(11)6-12-7)10(14)13-3-2-4-15-13/h5-6H,2-4,11H2,1H3. The summed E-state index contributed by atoms with van der Waals surface area (Å²) >= 11 is 0. The Morgan fingerprint density at radius 2 is 2.47 bits per heavy atom. The molecule has 0 bridgehead atoms. The zero-order chi connectivity index (χ0) is 10.8. The Bertz CT molecular complexity index is 386. The van der Waals surface area contributed by atoms with E-state index in [1.807, 2.05) is 0 Å². The SMILES string of the molecule is Cc1ncc(N)cc1C(=O)N1CCCO1. The van der Waals surface area contributed by atoms with Crippen LogP contribution in [0.3, 0.4) is 0 Å². The molecule has 0 atom stereocenters. The molecule has 2 heterocycles. The van der Waals surface area contributed by atoms with Gasteiger partial charge in [-0.1, -0.05) is 0 Å². The van der Waals surface area contributed by atoms with Crippen LogP contribution < -0.4 is 5.73 Å². The number of pyridine rings is 1. The van der Waals surface area contributed by atoms with Gasteiger partial charge in [0.2, 0.25) is 0 Å². The number of carbonyl (C=O) groups is 1. The van der Waals surface area contributed by atoms with Gasteiger partial charge in [-0.25, -0.2) is 5.06 Å². The van der Waals surface area contributed by atoms with Crippen LogP contribution >= 0.6 is 0 Å². The summed E-state index contributed by atoms with van der Waals surface area (Å²) in [5.41, 5.74) is 7.26. The zero-order valence-corrected chi connectivity index (χ0v) is 8.56. The molecule has 1 aliphatic rings. The molecule has 1 saturated heterocycles. The first kappa shape index (κ1) is 9.92. The van der Waals surface area contributed by atoms with E-state index in [1.165, 1.54) is 11.3 Å². The maximum Gasteiger partial charge on any atom is 0.279 e. The molecule has 0 saturated carbocycles. The van der Waals surface area contributed by atoms with Crippen molar-refractivity contribution in [3.8, 4) is 0 Å². The highest BCUT2D eigenvalue weighted by Crippen LogP contribution is 2.15. The van der Waals surface area contributed by atoms with E-state index in [1.54, 1.807) is 13.0 Å². The lowest BCUT2D eigenvalue weighted by Gasteiger charge is -2.14. The molecule has 2 rings (SSSR count). The molecule has 80 valence electrons. The third-order valence-corrected chi connectivity index (χ3v) is 2.32. The molecule has 1 aromatic heterocycles. The largest absolute Gasteiger partial charge is 0.397 e. The van der Waals surface area contributed by atoms with Crippen LogP contribution in [0, 0.1) is 6.92 Å². The fraction of sp³-hybridized carbons (Fsp3) is 0.400. The number of rotatable bonds is 1. The van der Waals surface area contributed by atoms with E-state index in [0.717, 1.165) is 6.42 Å². The molecule has 1 aliphatic heterocycles. The third-order valence-electron chi connectivity index (χ3n) is 2.32. The lowest BCUT2D eigenvalue weighted by molar-refractivity contribution is -0.0769. The Labute approximate surface area is 87.8 Å². The average molecular weight is 207 g/mol. The molecule has 1 aromatic rings. The number of hydroxylamine groups is 2. The number of aryl methyl sites for hydroxylation is 1. The van der Waals surface area contributed by atoms with Gasteiger partial charge in [-0.15, -0.1) is 0 Å². The van der Waals surface area contributed by atoms with Crippen molar-refractivity contribution in [3.05, 3.63) is 23.5 Å². The molecule has 0 spiro atoms. The second-order valence-corrected chi connectivity index (χ2v) is 3.50. The topological polar surface area (TPSA) is 68.5 Å². The average Bonchev–Trinajstić information content (AvgIpc) is 2.74. The molecule has 0 radical (unpaired) electrons. The zero-order valence-electron chi connectivity index (χ0n) is 8.56. The van der Waals surface area contributed by atoms with Gasteiger partial charge in [0.25, 0.3) is 5.91 Å². The van der Waals surface area contributed by atoms with Crippen LogP contribution in [-0.4, -0.2) is 29.1 Å². The monoisotopic (exact) mass is 207 g/mol. The molecule has 5 heteroatoms. The second-order valence-electron chi connectivity index (χ2n) is 3.50. The molecule has 0 aliphatic carbocycles. The summed E-state index contributed by atoms with van der Waals surface area (Å²) in [5, 5.41) is 1.36. The normalized spacial score (nSPS) is 15.7. The highest BCUT2D eigenvalue weighted by atomic mass is 16.7. The number of amides is 1. The van der Waals surface area contributed by atoms with Crippen LogP contribution in [0.25, 0.3) is 0 Å². The quantitative estimate of drug-likeness (QED) is 0.737. The van der Waals surface area contributed by atoms with Crippen LogP contribution in [0.2, 0.25) is 0 Å². The van der Waals surface area contributed by atoms with E-state index < -0.39 is 0 Å². The van der Waals surface area contributed by atoms with Crippen molar-refractivity contribution < 1.29 is 9.63 Å². The minimum atomic E-state index is -0.162. The maximum atomic E-state index is 11.9. The predicted octanol–water partition coefficient (Wildman–Crippen LogP) is 0.750. The predicted molar refractivity (Wildman–Crippen MR) is 55.0 cm³/mol. The summed E-state index contributed by atoms with van der Waals surface area (Å²) in [7, 11) is 0. The fourth-order valence-electron chi connectivity index (χ4n) is 1.51. The Hall–Kier alpha value is -1.62. The molecular weight excluding hydrogens is 194 g/mol. The van der Waals surface area contributed by atoms with Gasteiger partial charge < -0.3 is 5.73 Å². The second kappa shape index (κ2) is 3.86. The molecule has 0 aromatic carbocycles. The van der Waals surface area contributed by atoms with Crippen LogP contribution in [0.4, 0.5) is 5.69 Å². The molecule has 15 heavy (non-hydrogen) atoms. The first-order valence-electron chi connectivity index (χ1n) is 4.85. The number of carbonyl (C=O) groups excluding carboxylic acids is 1. The summed E-state index contributed by atoms with van der Waals surface area (Å²) in [5.74, 6) is -0.162. The molecule has 0 unspecified atom stereocenters. The van der Waals surface area contributed by atoms with Crippen LogP contribution in [0.5, 0.6) is 0 Å². The Morgan fingerprint density at radius 1 is 1.67 bits per heavy atom. The number of nitrogens with two attached hydrogens (primary N) is 1. The van der Waals surface area contributed by atoms with Crippen molar-refractivity contribution >= 4 is 11.6 Å². The molecular formula is C10H13N3O2. The summed E-state index contributed by atoms with van der Waals surface area (Å²) in [6.45, 7) is 3.01. The molecule has 5 nitrogen and oxygen atoms in total. The summed E-state index contributed by atoms with van der Waals surface area (Å²) in [6, 6.07) is 1.63. The van der Waals surface area contributed by atoms with Crippen molar-refractivity contribution in [3.63, 3.8) is 0 Å². The Morgan fingerprint density at radius 3 is 3.13 bits per heavy atom. The van der Waals surface area contributed by atoms with Gasteiger partial charge >= 0.3 is 0 Å². The van der Waals surface area contributed by atoms with E-state index in [0.29, 0.717) is 30.1 Å². The van der Waals surface area contributed by atoms with Gasteiger partial charge in [-0.05, 0) is 19.4 Å². The fourth-order valence-corrected chi connectivity index (χ4v) is 1.51. The van der Waals surface area contributed by atoms with E-state index in [-0.39, 0.29) is 5.91 Å². The van der Waals surface area contributed by atoms with Gasteiger partial charge in [0.05, 0.1) is 36.3 Å². The molecule has 1 amide bonds. The maximum absolute atomic E-state index is 11.9. The minimum absolute atomic E-state index is 0.162. The number of anilines is 1. The first-order chi connectivity index (χ1) is 7.18. The van der Waals surface area contributed by atoms with E-state index in [9.17, 15) is 4.79 Å². The van der Waals surface area contributed by atoms with E-state index in [4.69, 9.17) is 10.6 Å². The van der Waals surface area contributed by atoms with Crippen molar-refractivity contribution in [2.45, 2.75) is 13.3 Å². The van der Waals surface area contributed by atoms with Crippen molar-refractivity contribution in [1.29, 1.82) is 0 Å². The van der Waals surface area contributed by atoms with Gasteiger partial charge in [0, 0.05) is 0 Å².